The molecule has 0 aliphatic heterocycles. The van der Waals surface area contributed by atoms with Gasteiger partial charge in [0.2, 0.25) is 0 Å². The fraction of sp³-hybridized carbons (Fsp3) is 1.00. The molecule has 21 heavy (non-hydrogen) atoms. The Kier molecular flexibility index (Phi) is 4.85. The van der Waals surface area contributed by atoms with Crippen LogP contribution in [0.3, 0.4) is 0 Å². The summed E-state index contributed by atoms with van der Waals surface area (Å²) in [5, 5.41) is -5.84. The van der Waals surface area contributed by atoms with E-state index < -0.39 is 41.4 Å². The van der Waals surface area contributed by atoms with E-state index >= 15 is 0 Å². The van der Waals surface area contributed by atoms with Crippen LogP contribution in [-0.2, 0) is 0 Å². The monoisotopic (exact) mass is 364 g/mol. The van der Waals surface area contributed by atoms with E-state index in [2.05, 4.69) is 11.6 Å². The van der Waals surface area contributed by atoms with E-state index in [-0.39, 0.29) is 6.92 Å². The molecule has 0 rings (SSSR count). The Labute approximate surface area is 114 Å². The predicted molar refractivity (Wildman–Crippen MR) is 45.8 cm³/mol. The molecule has 0 saturated heterocycles. The first-order valence-corrected chi connectivity index (χ1v) is 5.15. The number of rotatable bonds is 5. The summed E-state index contributed by atoms with van der Waals surface area (Å²) in [6.07, 6.45) is -9.50. The number of hydrogen-bond acceptors (Lipinski definition) is 0. The molecule has 0 aromatic heterocycles. The quantitative estimate of drug-likeness (QED) is 0.452. The van der Waals surface area contributed by atoms with Gasteiger partial charge in [-0.05, 0) is 18.0 Å². The summed E-state index contributed by atoms with van der Waals surface area (Å²) in [5.74, 6) is -22.1. The summed E-state index contributed by atoms with van der Waals surface area (Å²) in [6, 6.07) is 0. The Morgan fingerprint density at radius 3 is 1.14 bits per heavy atom. The maximum absolute atomic E-state index is 13.4. The van der Waals surface area contributed by atoms with Crippen LogP contribution in [0, 0.1) is 0 Å². The number of alkyl halides is 13. The first kappa shape index (κ1) is 20.5. The maximum Gasteiger partial charge on any atom is 0.460 e. The van der Waals surface area contributed by atoms with E-state index in [9.17, 15) is 52.7 Å². The van der Waals surface area contributed by atoms with Crippen LogP contribution in [-0.4, -0.2) is 35.0 Å². The SMILES string of the molecule is CCC(F)(C(F)(F)Cl)C(F)(F)C(F)(F)C(F)(F)C(F)(F)F. The Morgan fingerprint density at radius 2 is 0.952 bits per heavy atom. The lowest BCUT2D eigenvalue weighted by molar-refractivity contribution is -0.419. The van der Waals surface area contributed by atoms with Crippen molar-refractivity contribution in [3.8, 4) is 0 Å². The fourth-order valence-electron chi connectivity index (χ4n) is 1.22. The van der Waals surface area contributed by atoms with Crippen LogP contribution in [0.5, 0.6) is 0 Å². The van der Waals surface area contributed by atoms with Crippen molar-refractivity contribution in [3.63, 3.8) is 0 Å². The van der Waals surface area contributed by atoms with E-state index in [0.717, 1.165) is 0 Å². The van der Waals surface area contributed by atoms with Gasteiger partial charge < -0.3 is 0 Å². The van der Waals surface area contributed by atoms with Gasteiger partial charge in [0.05, 0.1) is 0 Å². The van der Waals surface area contributed by atoms with Crippen LogP contribution >= 0.6 is 11.6 Å². The molecule has 0 aromatic rings. The summed E-state index contributed by atoms with van der Waals surface area (Å²) in [4.78, 5) is 0. The van der Waals surface area contributed by atoms with Gasteiger partial charge in [0.1, 0.15) is 0 Å². The highest BCUT2D eigenvalue weighted by Gasteiger charge is 2.89. The molecule has 0 aliphatic carbocycles. The highest BCUT2D eigenvalue weighted by Crippen LogP contribution is 2.61. The third-order valence-electron chi connectivity index (χ3n) is 2.58. The van der Waals surface area contributed by atoms with Crippen molar-refractivity contribution >= 4 is 11.6 Å². The zero-order valence-corrected chi connectivity index (χ0v) is 10.4. The number of hydrogen-bond donors (Lipinski definition) is 0. The van der Waals surface area contributed by atoms with Gasteiger partial charge in [0, 0.05) is 0 Å². The van der Waals surface area contributed by atoms with Crippen molar-refractivity contribution in [1.82, 2.24) is 0 Å². The van der Waals surface area contributed by atoms with Gasteiger partial charge in [-0.2, -0.15) is 48.3 Å². The zero-order valence-electron chi connectivity index (χ0n) is 9.62. The second-order valence-electron chi connectivity index (χ2n) is 3.87. The minimum absolute atomic E-state index is 0.0893. The molecule has 0 radical (unpaired) electrons. The van der Waals surface area contributed by atoms with E-state index in [1.165, 1.54) is 0 Å². The molecule has 0 bridgehead atoms. The molecule has 1 unspecified atom stereocenters. The summed E-state index contributed by atoms with van der Waals surface area (Å²) in [7, 11) is 0. The largest absolute Gasteiger partial charge is 0.460 e. The summed E-state index contributed by atoms with van der Waals surface area (Å²) < 4.78 is 150. The third-order valence-corrected chi connectivity index (χ3v) is 2.88. The molecule has 0 nitrogen and oxygen atoms in total. The molecule has 0 N–H and O–H groups in total. The van der Waals surface area contributed by atoms with Crippen LogP contribution in [0.4, 0.5) is 52.7 Å². The van der Waals surface area contributed by atoms with Crippen molar-refractivity contribution in [1.29, 1.82) is 0 Å². The lowest BCUT2D eigenvalue weighted by Crippen LogP contribution is -2.70. The van der Waals surface area contributed by atoms with Crippen molar-refractivity contribution in [2.45, 2.75) is 48.3 Å². The van der Waals surface area contributed by atoms with Crippen LogP contribution in [0.2, 0.25) is 0 Å². The summed E-state index contributed by atoms with van der Waals surface area (Å²) in [6.45, 7) is 0.0893. The average molecular weight is 365 g/mol. The van der Waals surface area contributed by atoms with Gasteiger partial charge in [-0.1, -0.05) is 6.92 Å². The first-order chi connectivity index (χ1) is 8.81. The lowest BCUT2D eigenvalue weighted by Gasteiger charge is -2.41. The molecular weight excluding hydrogens is 360 g/mol. The van der Waals surface area contributed by atoms with E-state index in [1.54, 1.807) is 0 Å². The Hall–Kier alpha value is -0.550. The summed E-state index contributed by atoms with van der Waals surface area (Å²) >= 11 is 3.85. The van der Waals surface area contributed by atoms with Crippen LogP contribution in [0.15, 0.2) is 0 Å². The second-order valence-corrected chi connectivity index (χ2v) is 4.35. The highest BCUT2D eigenvalue weighted by atomic mass is 35.5. The van der Waals surface area contributed by atoms with Gasteiger partial charge in [-0.3, -0.25) is 0 Å². The first-order valence-electron chi connectivity index (χ1n) is 4.77. The molecule has 128 valence electrons. The fourth-order valence-corrected chi connectivity index (χ4v) is 1.48. The van der Waals surface area contributed by atoms with Crippen molar-refractivity contribution in [3.05, 3.63) is 0 Å². The maximum atomic E-state index is 13.4. The number of halogens is 13. The standard InChI is InChI=1S/C8H5ClF12/c1-2-3(10,7(9,17)18)4(11,12)5(13,14)6(15,16)8(19,20)21/h2H2,1H3. The van der Waals surface area contributed by atoms with Gasteiger partial charge in [0.25, 0.3) is 5.67 Å². The topological polar surface area (TPSA) is 0 Å². The normalized spacial score (nSPS) is 18.6. The van der Waals surface area contributed by atoms with Gasteiger partial charge in [-0.15, -0.1) is 0 Å². The van der Waals surface area contributed by atoms with Crippen molar-refractivity contribution < 1.29 is 52.7 Å². The molecule has 0 fully saturated rings. The Morgan fingerprint density at radius 1 is 0.619 bits per heavy atom. The van der Waals surface area contributed by atoms with Crippen molar-refractivity contribution in [2.24, 2.45) is 0 Å². The smallest absolute Gasteiger partial charge is 0.229 e. The highest BCUT2D eigenvalue weighted by molar-refractivity contribution is 6.22. The van der Waals surface area contributed by atoms with Crippen LogP contribution in [0.1, 0.15) is 13.3 Å². The lowest BCUT2D eigenvalue weighted by atomic mass is 9.87. The molecule has 0 amide bonds. The van der Waals surface area contributed by atoms with Crippen molar-refractivity contribution in [2.75, 3.05) is 0 Å². The van der Waals surface area contributed by atoms with Gasteiger partial charge >= 0.3 is 29.3 Å². The van der Waals surface area contributed by atoms with E-state index in [0.29, 0.717) is 0 Å². The molecule has 1 atom stereocenters. The molecular formula is C8H5ClF12. The molecule has 13 heteroatoms. The van der Waals surface area contributed by atoms with E-state index in [1.807, 2.05) is 0 Å². The Bertz CT molecular complexity index is 380. The Balaban J connectivity index is 6.24. The minimum Gasteiger partial charge on any atom is -0.229 e. The average Bonchev–Trinajstić information content (AvgIpc) is 2.23. The second kappa shape index (κ2) is 4.98. The molecule has 0 spiro atoms. The molecule has 0 saturated carbocycles. The van der Waals surface area contributed by atoms with Crippen LogP contribution in [0.25, 0.3) is 0 Å². The van der Waals surface area contributed by atoms with Gasteiger partial charge in [0.15, 0.2) is 0 Å². The zero-order chi connectivity index (χ0) is 17.7. The summed E-state index contributed by atoms with van der Waals surface area (Å²) in [5.41, 5.74) is -5.85. The molecule has 0 aliphatic rings. The molecule has 0 heterocycles. The third kappa shape index (κ3) is 2.63. The molecule has 0 aromatic carbocycles. The van der Waals surface area contributed by atoms with Crippen LogP contribution < -0.4 is 0 Å². The predicted octanol–water partition coefficient (Wildman–Crippen LogP) is 5.40. The van der Waals surface area contributed by atoms with E-state index in [4.69, 9.17) is 0 Å². The minimum atomic E-state index is -7.51. The van der Waals surface area contributed by atoms with Gasteiger partial charge in [-0.25, -0.2) is 4.39 Å².